The molecule has 0 aromatic heterocycles. The summed E-state index contributed by atoms with van der Waals surface area (Å²) in [5.41, 5.74) is 0.878. The van der Waals surface area contributed by atoms with E-state index >= 15 is 0 Å². The van der Waals surface area contributed by atoms with Gasteiger partial charge in [0, 0.05) is 11.7 Å². The van der Waals surface area contributed by atoms with Crippen molar-refractivity contribution in [3.05, 3.63) is 54.3 Å². The smallest absolute Gasteiger partial charge is 0.332 e. The summed E-state index contributed by atoms with van der Waals surface area (Å²) >= 11 is 0. The lowest BCUT2D eigenvalue weighted by Crippen LogP contribution is -2.43. The van der Waals surface area contributed by atoms with Crippen molar-refractivity contribution in [1.82, 2.24) is 4.90 Å². The van der Waals surface area contributed by atoms with Gasteiger partial charge in [0.05, 0.1) is 19.2 Å². The summed E-state index contributed by atoms with van der Waals surface area (Å²) in [4.78, 5) is 41.7. The number of carbonyl (C=O) groups is 3. The maximum absolute atomic E-state index is 13.3. The van der Waals surface area contributed by atoms with Crippen molar-refractivity contribution in [3.8, 4) is 5.75 Å². The van der Waals surface area contributed by atoms with Gasteiger partial charge < -0.3 is 15.0 Å². The number of amides is 4. The molecule has 7 nitrogen and oxygen atoms in total. The number of hydrogen-bond acceptors (Lipinski definition) is 4. The molecule has 1 aliphatic heterocycles. The monoisotopic (exact) mass is 425 g/mol. The molecule has 0 unspecified atom stereocenters. The van der Waals surface area contributed by atoms with E-state index in [9.17, 15) is 18.8 Å². The molecule has 4 rings (SSSR count). The average molecular weight is 425 g/mol. The van der Waals surface area contributed by atoms with E-state index in [4.69, 9.17) is 4.74 Å². The third-order valence-corrected chi connectivity index (χ3v) is 5.81. The molecule has 0 spiro atoms. The fourth-order valence-electron chi connectivity index (χ4n) is 4.28. The predicted molar refractivity (Wildman–Crippen MR) is 113 cm³/mol. The summed E-state index contributed by atoms with van der Waals surface area (Å²) in [5.74, 6) is -0.614. The Morgan fingerprint density at radius 3 is 2.32 bits per heavy atom. The molecule has 2 aliphatic rings. The third-order valence-electron chi connectivity index (χ3n) is 5.81. The first-order valence-corrected chi connectivity index (χ1v) is 10.3. The Morgan fingerprint density at radius 1 is 1.06 bits per heavy atom. The molecule has 0 radical (unpaired) electrons. The zero-order valence-corrected chi connectivity index (χ0v) is 17.2. The van der Waals surface area contributed by atoms with E-state index in [0.29, 0.717) is 17.1 Å². The van der Waals surface area contributed by atoms with Crippen LogP contribution in [0.2, 0.25) is 0 Å². The Hall–Kier alpha value is -3.42. The highest BCUT2D eigenvalue weighted by Gasteiger charge is 2.49. The number of benzene rings is 2. The summed E-state index contributed by atoms with van der Waals surface area (Å²) in [6.07, 6.45) is 3.40. The number of halogens is 1. The van der Waals surface area contributed by atoms with Gasteiger partial charge in [-0.3, -0.25) is 9.59 Å². The summed E-state index contributed by atoms with van der Waals surface area (Å²) in [7, 11) is 1.56. The van der Waals surface area contributed by atoms with E-state index in [1.807, 2.05) is 0 Å². The highest BCUT2D eigenvalue weighted by molar-refractivity contribution is 6.22. The van der Waals surface area contributed by atoms with Crippen LogP contribution in [-0.4, -0.2) is 41.9 Å². The van der Waals surface area contributed by atoms with E-state index in [-0.39, 0.29) is 18.4 Å². The van der Waals surface area contributed by atoms with Gasteiger partial charge in [-0.1, -0.05) is 12.8 Å². The lowest BCUT2D eigenvalue weighted by Gasteiger charge is -2.27. The lowest BCUT2D eigenvalue weighted by molar-refractivity contribution is -0.124. The molecule has 1 saturated heterocycles. The fourth-order valence-corrected chi connectivity index (χ4v) is 4.28. The molecule has 31 heavy (non-hydrogen) atoms. The normalized spacial score (nSPS) is 19.2. The van der Waals surface area contributed by atoms with Crippen molar-refractivity contribution in [3.63, 3.8) is 0 Å². The number of ether oxygens (including phenoxy) is 1. The van der Waals surface area contributed by atoms with Crippen LogP contribution < -0.4 is 15.0 Å². The second kappa shape index (κ2) is 8.75. The van der Waals surface area contributed by atoms with E-state index < -0.39 is 23.8 Å². The maximum atomic E-state index is 13.3. The Kier molecular flexibility index (Phi) is 5.88. The molecule has 1 saturated carbocycles. The topological polar surface area (TPSA) is 79.0 Å². The van der Waals surface area contributed by atoms with Crippen LogP contribution in [0.3, 0.4) is 0 Å². The minimum absolute atomic E-state index is 0.0827. The molecule has 1 N–H and O–H groups in total. The van der Waals surface area contributed by atoms with Crippen LogP contribution in [0.15, 0.2) is 48.5 Å². The van der Waals surface area contributed by atoms with E-state index in [0.717, 1.165) is 30.6 Å². The zero-order chi connectivity index (χ0) is 22.0. The Morgan fingerprint density at radius 2 is 1.71 bits per heavy atom. The standard InChI is InChI=1S/C23H24FN3O4/c1-31-19-12-8-16(9-13-19)25-21(28)14-20-22(29)27(18-10-6-15(24)7-11-18)23(30)26(20)17-4-2-3-5-17/h6-13,17,20H,2-5,14H2,1H3,(H,25,28)/t20-/m0/s1. The average Bonchev–Trinajstić information content (AvgIpc) is 3.36. The molecule has 1 atom stereocenters. The van der Waals surface area contributed by atoms with E-state index in [1.165, 1.54) is 24.3 Å². The number of nitrogens with zero attached hydrogens (tertiary/aromatic N) is 2. The van der Waals surface area contributed by atoms with E-state index in [1.54, 1.807) is 36.3 Å². The quantitative estimate of drug-likeness (QED) is 0.711. The van der Waals surface area contributed by atoms with Gasteiger partial charge >= 0.3 is 6.03 Å². The molecular formula is C23H24FN3O4. The third kappa shape index (κ3) is 4.23. The molecule has 8 heteroatoms. The molecule has 2 aromatic rings. The Labute approximate surface area is 179 Å². The maximum Gasteiger partial charge on any atom is 0.332 e. The SMILES string of the molecule is COc1ccc(NC(=O)C[C@H]2C(=O)N(c3ccc(F)cc3)C(=O)N2C2CCCC2)cc1. The number of nitrogens with one attached hydrogen (secondary N) is 1. The number of anilines is 2. The van der Waals surface area contributed by atoms with Gasteiger partial charge in [0.2, 0.25) is 5.91 Å². The van der Waals surface area contributed by atoms with Crippen LogP contribution in [0.5, 0.6) is 5.75 Å². The van der Waals surface area contributed by atoms with Crippen LogP contribution in [0.4, 0.5) is 20.6 Å². The number of rotatable bonds is 6. The summed E-state index contributed by atoms with van der Waals surface area (Å²) in [6, 6.07) is 10.7. The highest BCUT2D eigenvalue weighted by atomic mass is 19.1. The summed E-state index contributed by atoms with van der Waals surface area (Å²) in [6.45, 7) is 0. The lowest BCUT2D eigenvalue weighted by atomic mass is 10.1. The largest absolute Gasteiger partial charge is 0.497 e. The van der Waals surface area contributed by atoms with Crippen LogP contribution >= 0.6 is 0 Å². The summed E-state index contributed by atoms with van der Waals surface area (Å²) in [5, 5.41) is 2.78. The van der Waals surface area contributed by atoms with Gasteiger partial charge in [0.25, 0.3) is 5.91 Å². The number of hydrogen-bond donors (Lipinski definition) is 1. The minimum Gasteiger partial charge on any atom is -0.497 e. The Bertz CT molecular complexity index is 971. The van der Waals surface area contributed by atoms with Crippen molar-refractivity contribution in [2.45, 2.75) is 44.2 Å². The van der Waals surface area contributed by atoms with Crippen LogP contribution in [0.25, 0.3) is 0 Å². The number of imide groups is 1. The molecule has 4 amide bonds. The van der Waals surface area contributed by atoms with Crippen molar-refractivity contribution < 1.29 is 23.5 Å². The molecule has 2 fully saturated rings. The first-order chi connectivity index (χ1) is 15.0. The van der Waals surface area contributed by atoms with Gasteiger partial charge in [0.15, 0.2) is 0 Å². The predicted octanol–water partition coefficient (Wildman–Crippen LogP) is 3.94. The van der Waals surface area contributed by atoms with Gasteiger partial charge in [-0.05, 0) is 61.4 Å². The van der Waals surface area contributed by atoms with Crippen LogP contribution in [-0.2, 0) is 9.59 Å². The van der Waals surface area contributed by atoms with Gasteiger partial charge in [-0.25, -0.2) is 14.1 Å². The molecule has 162 valence electrons. The zero-order valence-electron chi connectivity index (χ0n) is 17.2. The highest BCUT2D eigenvalue weighted by Crippen LogP contribution is 2.34. The van der Waals surface area contributed by atoms with Crippen LogP contribution in [0, 0.1) is 5.82 Å². The van der Waals surface area contributed by atoms with Crippen molar-refractivity contribution >= 4 is 29.2 Å². The van der Waals surface area contributed by atoms with Gasteiger partial charge in [-0.2, -0.15) is 0 Å². The molecule has 2 aromatic carbocycles. The second-order valence-corrected chi connectivity index (χ2v) is 7.77. The minimum atomic E-state index is -0.890. The van der Waals surface area contributed by atoms with E-state index in [2.05, 4.69) is 5.32 Å². The van der Waals surface area contributed by atoms with Gasteiger partial charge in [-0.15, -0.1) is 0 Å². The Balaban J connectivity index is 1.55. The summed E-state index contributed by atoms with van der Waals surface area (Å²) < 4.78 is 18.4. The van der Waals surface area contributed by atoms with Crippen molar-refractivity contribution in [2.75, 3.05) is 17.3 Å². The first kappa shape index (κ1) is 20.8. The number of methoxy groups -OCH3 is 1. The van der Waals surface area contributed by atoms with Crippen LogP contribution in [0.1, 0.15) is 32.1 Å². The van der Waals surface area contributed by atoms with Gasteiger partial charge in [0.1, 0.15) is 17.6 Å². The molecule has 1 aliphatic carbocycles. The molecular weight excluding hydrogens is 401 g/mol. The van der Waals surface area contributed by atoms with Crippen molar-refractivity contribution in [2.24, 2.45) is 0 Å². The number of carbonyl (C=O) groups excluding carboxylic acids is 3. The fraction of sp³-hybridized carbons (Fsp3) is 0.348. The molecule has 0 bridgehead atoms. The number of urea groups is 1. The van der Waals surface area contributed by atoms with Crippen molar-refractivity contribution in [1.29, 1.82) is 0 Å². The molecule has 1 heterocycles. The second-order valence-electron chi connectivity index (χ2n) is 7.77. The first-order valence-electron chi connectivity index (χ1n) is 10.3.